The van der Waals surface area contributed by atoms with E-state index in [9.17, 15) is 9.59 Å². The largest absolute Gasteiger partial charge is 0.440 e. The molecule has 0 N–H and O–H groups in total. The number of ketones is 2. The molecule has 2 fully saturated rings. The molecule has 2 unspecified atom stereocenters. The summed E-state index contributed by atoms with van der Waals surface area (Å²) in [6, 6.07) is 34.3. The number of Topliss-reactive ketones (excluding diaryl/α,β-unsaturated/α-hetero) is 2. The normalized spacial score (nSPS) is 17.1. The smallest absolute Gasteiger partial charge is 0.275 e. The van der Waals surface area contributed by atoms with E-state index in [0.717, 1.165) is 32.7 Å². The van der Waals surface area contributed by atoms with E-state index in [4.69, 9.17) is 37.0 Å². The second-order valence-electron chi connectivity index (χ2n) is 16.7. The Bertz CT molecular complexity index is 2370. The van der Waals surface area contributed by atoms with E-state index in [1.807, 2.05) is 109 Å². The lowest BCUT2D eigenvalue weighted by Crippen LogP contribution is -2.33. The maximum atomic E-state index is 13.6. The Morgan fingerprint density at radius 2 is 0.867 bits per heavy atom. The molecule has 0 spiro atoms. The summed E-state index contributed by atoms with van der Waals surface area (Å²) in [4.78, 5) is 27.2. The van der Waals surface area contributed by atoms with Crippen molar-refractivity contribution in [2.24, 2.45) is 10.8 Å². The van der Waals surface area contributed by atoms with Crippen LogP contribution in [0.2, 0.25) is 0 Å². The van der Waals surface area contributed by atoms with Crippen molar-refractivity contribution in [1.29, 1.82) is 0 Å². The van der Waals surface area contributed by atoms with Gasteiger partial charge in [0, 0.05) is 22.0 Å². The molecule has 0 bridgehead atoms. The van der Waals surface area contributed by atoms with Crippen LogP contribution in [0.5, 0.6) is 23.0 Å². The first kappa shape index (κ1) is 41.8. The molecule has 6 aromatic carbocycles. The number of para-hydroxylation sites is 2. The Morgan fingerprint density at radius 1 is 0.517 bits per heavy atom. The highest BCUT2D eigenvalue weighted by Gasteiger charge is 2.33. The third kappa shape index (κ3) is 8.91. The first-order chi connectivity index (χ1) is 28.9. The van der Waals surface area contributed by atoms with E-state index in [1.54, 1.807) is 0 Å². The van der Waals surface area contributed by atoms with Crippen LogP contribution in [0.25, 0.3) is 32.7 Å². The standard InChI is InChI=1S/C48H48O10P2/c1-29(49)37-23-31-15-7-9-17-33(31)41(43(37)57-59-55-39-21-13-11-19-35(39)45-51-25-47(3,4)26-52-45)42-34-18-10-8-16-32(34)24-38(30(2)50)44(42)58-60-56-40-22-14-12-20-36(40)46-53-27-48(5,6)28-54-46/h7-24,45-46,59-60H,25-28H2,1-6H3. The molecule has 0 amide bonds. The van der Waals surface area contributed by atoms with Gasteiger partial charge in [-0.2, -0.15) is 0 Å². The lowest BCUT2D eigenvalue weighted by Gasteiger charge is -2.35. The van der Waals surface area contributed by atoms with Gasteiger partial charge < -0.3 is 37.0 Å². The van der Waals surface area contributed by atoms with Gasteiger partial charge in [-0.15, -0.1) is 0 Å². The van der Waals surface area contributed by atoms with E-state index in [2.05, 4.69) is 27.7 Å². The van der Waals surface area contributed by atoms with E-state index in [0.29, 0.717) is 71.7 Å². The minimum absolute atomic E-state index is 0.104. The van der Waals surface area contributed by atoms with Crippen molar-refractivity contribution in [3.63, 3.8) is 0 Å². The monoisotopic (exact) mass is 846 g/mol. The highest BCUT2D eigenvalue weighted by atomic mass is 31.1. The molecule has 2 heterocycles. The van der Waals surface area contributed by atoms with E-state index >= 15 is 0 Å². The summed E-state index contributed by atoms with van der Waals surface area (Å²) < 4.78 is 50.4. The molecule has 0 aromatic heterocycles. The van der Waals surface area contributed by atoms with Crippen LogP contribution in [-0.4, -0.2) is 38.0 Å². The molecule has 8 rings (SSSR count). The van der Waals surface area contributed by atoms with E-state index in [1.165, 1.54) is 13.8 Å². The minimum Gasteiger partial charge on any atom is -0.440 e. The number of hydrogen-bond donors (Lipinski definition) is 0. The Balaban J connectivity index is 1.20. The van der Waals surface area contributed by atoms with Crippen molar-refractivity contribution >= 4 is 51.2 Å². The fourth-order valence-corrected chi connectivity index (χ4v) is 8.61. The molecule has 2 saturated heterocycles. The topological polar surface area (TPSA) is 108 Å². The lowest BCUT2D eigenvalue weighted by atomic mass is 9.88. The molecule has 12 heteroatoms. The molecule has 6 aromatic rings. The molecule has 0 aliphatic carbocycles. The Kier molecular flexibility index (Phi) is 12.3. The van der Waals surface area contributed by atoms with Crippen molar-refractivity contribution in [1.82, 2.24) is 0 Å². The van der Waals surface area contributed by atoms with Crippen LogP contribution in [0.4, 0.5) is 0 Å². The summed E-state index contributed by atoms with van der Waals surface area (Å²) in [6.45, 7) is 13.5. The van der Waals surface area contributed by atoms with Crippen LogP contribution in [-0.2, 0) is 18.9 Å². The highest BCUT2D eigenvalue weighted by Crippen LogP contribution is 2.51. The number of benzene rings is 6. The van der Waals surface area contributed by atoms with Gasteiger partial charge in [-0.05, 0) is 59.7 Å². The number of carbonyl (C=O) groups is 2. The Morgan fingerprint density at radius 3 is 1.25 bits per heavy atom. The fourth-order valence-electron chi connectivity index (χ4n) is 7.38. The predicted molar refractivity (Wildman–Crippen MR) is 236 cm³/mol. The molecule has 2 atom stereocenters. The molecule has 310 valence electrons. The molecule has 0 radical (unpaired) electrons. The van der Waals surface area contributed by atoms with Crippen LogP contribution in [0.1, 0.15) is 86.0 Å². The molecular formula is C48H48O10P2. The second-order valence-corrected chi connectivity index (χ2v) is 17.8. The van der Waals surface area contributed by atoms with E-state index in [-0.39, 0.29) is 22.4 Å². The molecule has 2 aliphatic heterocycles. The lowest BCUT2D eigenvalue weighted by molar-refractivity contribution is -0.226. The predicted octanol–water partition coefficient (Wildman–Crippen LogP) is 12.1. The van der Waals surface area contributed by atoms with Crippen LogP contribution >= 0.6 is 18.1 Å². The zero-order chi connectivity index (χ0) is 42.0. The first-order valence-corrected chi connectivity index (χ1v) is 21.5. The third-order valence-corrected chi connectivity index (χ3v) is 11.6. The van der Waals surface area contributed by atoms with Gasteiger partial charge >= 0.3 is 0 Å². The highest BCUT2D eigenvalue weighted by molar-refractivity contribution is 7.27. The maximum absolute atomic E-state index is 13.6. The minimum atomic E-state index is -0.603. The Labute approximate surface area is 353 Å². The second kappa shape index (κ2) is 17.6. The quantitative estimate of drug-likeness (QED) is 0.0823. The summed E-state index contributed by atoms with van der Waals surface area (Å²) in [5, 5.41) is 3.18. The van der Waals surface area contributed by atoms with Crippen LogP contribution in [0, 0.1) is 10.8 Å². The van der Waals surface area contributed by atoms with Gasteiger partial charge in [0.2, 0.25) is 0 Å². The van der Waals surface area contributed by atoms with Crippen molar-refractivity contribution < 1.29 is 46.6 Å². The van der Waals surface area contributed by atoms with E-state index < -0.39 is 30.6 Å². The van der Waals surface area contributed by atoms with Crippen molar-refractivity contribution in [3.8, 4) is 34.1 Å². The Hall–Kier alpha value is -4.92. The zero-order valence-electron chi connectivity index (χ0n) is 34.5. The summed E-state index contributed by atoms with van der Waals surface area (Å²) in [5.41, 5.74) is 3.11. The van der Waals surface area contributed by atoms with Gasteiger partial charge in [0.25, 0.3) is 18.1 Å². The van der Waals surface area contributed by atoms with Gasteiger partial charge in [-0.1, -0.05) is 113 Å². The molecule has 60 heavy (non-hydrogen) atoms. The number of carbonyl (C=O) groups excluding carboxylic acids is 2. The van der Waals surface area contributed by atoms with Crippen molar-refractivity contribution in [2.45, 2.75) is 54.1 Å². The summed E-state index contributed by atoms with van der Waals surface area (Å²) in [7, 11) is -1.17. The summed E-state index contributed by atoms with van der Waals surface area (Å²) >= 11 is 0. The summed E-state index contributed by atoms with van der Waals surface area (Å²) in [6.07, 6.45) is -1.21. The average molecular weight is 847 g/mol. The van der Waals surface area contributed by atoms with Crippen molar-refractivity contribution in [3.05, 3.63) is 131 Å². The van der Waals surface area contributed by atoms with Crippen LogP contribution in [0.3, 0.4) is 0 Å². The molecule has 2 aliphatic rings. The summed E-state index contributed by atoms with van der Waals surface area (Å²) in [5.74, 6) is 1.24. The van der Waals surface area contributed by atoms with Gasteiger partial charge in [0.05, 0.1) is 48.7 Å². The van der Waals surface area contributed by atoms with Crippen LogP contribution < -0.4 is 18.1 Å². The number of ether oxygens (including phenoxy) is 4. The SMILES string of the molecule is CC(=O)c1cc2ccccc2c(-c2c(OPOc3ccccc3C3OCC(C)(C)CO3)c(C(C)=O)cc3ccccc23)c1OPOc1ccccc1C1OCC(C)(C)CO1. The fraction of sp³-hybridized carbons (Fsp3) is 0.292. The molecular weight excluding hydrogens is 798 g/mol. The van der Waals surface area contributed by atoms with Gasteiger partial charge in [-0.25, -0.2) is 0 Å². The maximum Gasteiger partial charge on any atom is 0.275 e. The van der Waals surface area contributed by atoms with Gasteiger partial charge in [0.15, 0.2) is 24.1 Å². The first-order valence-electron chi connectivity index (χ1n) is 19.8. The molecule has 0 saturated carbocycles. The number of fused-ring (bicyclic) bond motifs is 2. The third-order valence-electron chi connectivity index (χ3n) is 10.5. The average Bonchev–Trinajstić information content (AvgIpc) is 3.23. The van der Waals surface area contributed by atoms with Crippen LogP contribution in [0.15, 0.2) is 109 Å². The zero-order valence-corrected chi connectivity index (χ0v) is 36.5. The number of hydrogen-bond acceptors (Lipinski definition) is 10. The van der Waals surface area contributed by atoms with Gasteiger partial charge in [-0.3, -0.25) is 9.59 Å². The molecule has 10 nitrogen and oxygen atoms in total. The van der Waals surface area contributed by atoms with Gasteiger partial charge in [0.1, 0.15) is 23.0 Å². The van der Waals surface area contributed by atoms with Crippen molar-refractivity contribution in [2.75, 3.05) is 26.4 Å². The number of rotatable bonds is 13.